The van der Waals surface area contributed by atoms with Crippen molar-refractivity contribution in [2.24, 2.45) is 28.3 Å². The lowest BCUT2D eigenvalue weighted by molar-refractivity contribution is -0.253. The molecule has 0 aromatic heterocycles. The lowest BCUT2D eigenvalue weighted by atomic mass is 9.55. The van der Waals surface area contributed by atoms with Gasteiger partial charge in [0.05, 0.1) is 24.8 Å². The Morgan fingerprint density at radius 1 is 1.07 bits per heavy atom. The fourth-order valence-electron chi connectivity index (χ4n) is 8.22. The van der Waals surface area contributed by atoms with Crippen molar-refractivity contribution < 1.29 is 38.8 Å². The quantitative estimate of drug-likeness (QED) is 0.0664. The van der Waals surface area contributed by atoms with Gasteiger partial charge in [0.1, 0.15) is 29.9 Å². The van der Waals surface area contributed by atoms with Gasteiger partial charge in [-0.25, -0.2) is 4.79 Å². The van der Waals surface area contributed by atoms with Crippen LogP contribution in [-0.2, 0) is 14.3 Å². The number of ether oxygens (including phenoxy) is 4. The summed E-state index contributed by atoms with van der Waals surface area (Å²) in [6.07, 6.45) is 10.7. The molecule has 1 amide bonds. The van der Waals surface area contributed by atoms with E-state index in [9.17, 15) is 15.0 Å². The number of aliphatic hydroxyl groups is 2. The SMILES string of the molecule is C=CCOC12Oc3ccc(Oc4ccc(SC)cc4)cc3C3C(CCCCO)C(CCCCO)C=C(C(=NOCC)CC1N(C)C(=O)OCC(C)(C)C)C32. The van der Waals surface area contributed by atoms with Crippen molar-refractivity contribution in [3.05, 3.63) is 72.3 Å². The number of likely N-dealkylation sites (N-methyl/N-ethyl adjacent to an activating group) is 1. The lowest BCUT2D eigenvalue weighted by Crippen LogP contribution is -2.69. The number of oxime groups is 1. The highest BCUT2D eigenvalue weighted by atomic mass is 32.2. The van der Waals surface area contributed by atoms with Gasteiger partial charge < -0.3 is 38.9 Å². The molecule has 1 saturated carbocycles. The molecule has 54 heavy (non-hydrogen) atoms. The van der Waals surface area contributed by atoms with Gasteiger partial charge in [0, 0.05) is 43.1 Å². The monoisotopic (exact) mass is 764 g/mol. The lowest BCUT2D eigenvalue weighted by Gasteiger charge is -2.59. The molecule has 1 fully saturated rings. The molecule has 6 unspecified atom stereocenters. The summed E-state index contributed by atoms with van der Waals surface area (Å²) >= 11 is 1.68. The van der Waals surface area contributed by atoms with E-state index < -0.39 is 23.8 Å². The van der Waals surface area contributed by atoms with Crippen molar-refractivity contribution in [1.29, 1.82) is 0 Å². The summed E-state index contributed by atoms with van der Waals surface area (Å²) < 4.78 is 26.5. The topological polar surface area (TPSA) is 119 Å². The number of carbonyl (C=O) groups excluding carboxylic acids is 1. The molecular formula is C43H60N2O8S. The van der Waals surface area contributed by atoms with E-state index in [2.05, 4.69) is 18.7 Å². The van der Waals surface area contributed by atoms with Gasteiger partial charge in [0.2, 0.25) is 5.79 Å². The van der Waals surface area contributed by atoms with E-state index >= 15 is 0 Å². The maximum atomic E-state index is 13.9. The van der Waals surface area contributed by atoms with Crippen LogP contribution in [0.15, 0.2) is 76.8 Å². The van der Waals surface area contributed by atoms with Crippen LogP contribution in [-0.4, -0.2) is 85.1 Å². The van der Waals surface area contributed by atoms with E-state index in [0.29, 0.717) is 37.4 Å². The Labute approximate surface area is 325 Å². The summed E-state index contributed by atoms with van der Waals surface area (Å²) in [7, 11) is 1.74. The number of nitrogens with zero attached hydrogens (tertiary/aromatic N) is 2. The Hall–Kier alpha value is -3.51. The van der Waals surface area contributed by atoms with Crippen LogP contribution in [0, 0.1) is 23.2 Å². The molecule has 0 bridgehead atoms. The molecule has 6 atom stereocenters. The second-order valence-electron chi connectivity index (χ2n) is 15.7. The molecule has 2 aliphatic carbocycles. The molecule has 1 aliphatic heterocycles. The second kappa shape index (κ2) is 18.9. The Balaban J connectivity index is 1.72. The number of amides is 1. The van der Waals surface area contributed by atoms with Crippen LogP contribution in [0.5, 0.6) is 17.2 Å². The summed E-state index contributed by atoms with van der Waals surface area (Å²) in [6, 6.07) is 13.4. The van der Waals surface area contributed by atoms with E-state index in [-0.39, 0.29) is 49.6 Å². The van der Waals surface area contributed by atoms with Crippen LogP contribution in [0.2, 0.25) is 0 Å². The van der Waals surface area contributed by atoms with Crippen molar-refractivity contribution in [3.8, 4) is 17.2 Å². The summed E-state index contributed by atoms with van der Waals surface area (Å²) in [4.78, 5) is 22.5. The fraction of sp³-hybridized carbons (Fsp3) is 0.581. The average Bonchev–Trinajstić information content (AvgIpc) is 3.16. The van der Waals surface area contributed by atoms with Gasteiger partial charge in [0.15, 0.2) is 0 Å². The predicted octanol–water partition coefficient (Wildman–Crippen LogP) is 8.97. The summed E-state index contributed by atoms with van der Waals surface area (Å²) in [6.45, 7) is 13.0. The molecule has 0 saturated heterocycles. The van der Waals surface area contributed by atoms with Gasteiger partial charge in [-0.2, -0.15) is 0 Å². The number of thioether (sulfide) groups is 1. The van der Waals surface area contributed by atoms with Crippen LogP contribution < -0.4 is 9.47 Å². The van der Waals surface area contributed by atoms with Crippen LogP contribution in [0.1, 0.15) is 84.1 Å². The molecule has 2 N–H and O–H groups in total. The molecule has 11 heteroatoms. The molecule has 3 aliphatic rings. The molecule has 1 heterocycles. The van der Waals surface area contributed by atoms with Crippen LogP contribution in [0.3, 0.4) is 0 Å². The van der Waals surface area contributed by atoms with E-state index in [1.807, 2.05) is 70.3 Å². The Morgan fingerprint density at radius 2 is 1.78 bits per heavy atom. The molecule has 2 aromatic carbocycles. The molecule has 10 nitrogen and oxygen atoms in total. The van der Waals surface area contributed by atoms with Gasteiger partial charge in [-0.3, -0.25) is 0 Å². The molecule has 5 rings (SSSR count). The smallest absolute Gasteiger partial charge is 0.410 e. The number of unbranched alkanes of at least 4 members (excludes halogenated alkanes) is 2. The van der Waals surface area contributed by atoms with Crippen molar-refractivity contribution in [2.75, 3.05) is 46.3 Å². The van der Waals surface area contributed by atoms with E-state index in [0.717, 1.165) is 53.2 Å². The Bertz CT molecular complexity index is 1620. The minimum Gasteiger partial charge on any atom is -0.459 e. The van der Waals surface area contributed by atoms with Crippen molar-refractivity contribution >= 4 is 23.6 Å². The van der Waals surface area contributed by atoms with Gasteiger partial charge in [-0.15, -0.1) is 18.3 Å². The normalized spacial score (nSPS) is 25.1. The van der Waals surface area contributed by atoms with Crippen molar-refractivity contribution in [3.63, 3.8) is 0 Å². The predicted molar refractivity (Wildman–Crippen MR) is 213 cm³/mol. The standard InChI is InChI=1S/C43H60N2O8S/c1-8-24-50-43-38(45(6)41(48)49-28-42(3,4)5)27-36(44-51-9-2)34-25-29(14-10-12-22-46)33(15-11-13-23-47)39(40(34)43)35-26-31(18-21-37(35)53-43)52-30-16-19-32(54-7)20-17-30/h8,16-21,25-26,29,33,38-40,46-47H,1,9-15,22-24,27-28H2,2-7H3. The third kappa shape index (κ3) is 9.46. The zero-order chi connectivity index (χ0) is 38.9. The molecule has 0 spiro atoms. The Kier molecular flexibility index (Phi) is 14.6. The first-order chi connectivity index (χ1) is 26.0. The van der Waals surface area contributed by atoms with E-state index in [4.69, 9.17) is 28.9 Å². The summed E-state index contributed by atoms with van der Waals surface area (Å²) in [5.74, 6) is 0.458. The number of carbonyl (C=O) groups is 1. The van der Waals surface area contributed by atoms with E-state index in [1.54, 1.807) is 29.8 Å². The van der Waals surface area contributed by atoms with E-state index in [1.165, 1.54) is 0 Å². The highest BCUT2D eigenvalue weighted by Crippen LogP contribution is 2.62. The zero-order valence-corrected chi connectivity index (χ0v) is 33.7. The minimum absolute atomic E-state index is 0.111. The Morgan fingerprint density at radius 3 is 2.43 bits per heavy atom. The first kappa shape index (κ1) is 41.6. The number of allylic oxidation sites excluding steroid dienone is 1. The largest absolute Gasteiger partial charge is 0.459 e. The van der Waals surface area contributed by atoms with Crippen LogP contribution >= 0.6 is 11.8 Å². The van der Waals surface area contributed by atoms with Gasteiger partial charge >= 0.3 is 6.09 Å². The second-order valence-corrected chi connectivity index (χ2v) is 16.6. The van der Waals surface area contributed by atoms with Crippen molar-refractivity contribution in [1.82, 2.24) is 4.90 Å². The third-order valence-electron chi connectivity index (χ3n) is 10.6. The van der Waals surface area contributed by atoms with Gasteiger partial charge in [-0.1, -0.05) is 50.9 Å². The first-order valence-corrected chi connectivity index (χ1v) is 20.6. The molecule has 0 radical (unpaired) electrons. The minimum atomic E-state index is -1.33. The highest BCUT2D eigenvalue weighted by Gasteiger charge is 2.65. The maximum Gasteiger partial charge on any atom is 0.410 e. The number of fused-ring (bicyclic) bond motifs is 2. The van der Waals surface area contributed by atoms with Crippen LogP contribution in [0.4, 0.5) is 4.79 Å². The van der Waals surface area contributed by atoms with Crippen LogP contribution in [0.25, 0.3) is 0 Å². The third-order valence-corrected chi connectivity index (χ3v) is 11.4. The molecule has 2 aromatic rings. The van der Waals surface area contributed by atoms with Gasteiger partial charge in [-0.05, 0) is 104 Å². The maximum absolute atomic E-state index is 13.9. The number of benzene rings is 2. The molecule has 296 valence electrons. The average molecular weight is 765 g/mol. The number of hydrogen-bond acceptors (Lipinski definition) is 10. The summed E-state index contributed by atoms with van der Waals surface area (Å²) in [5.41, 5.74) is 2.51. The first-order valence-electron chi connectivity index (χ1n) is 19.4. The number of hydrogen-bond donors (Lipinski definition) is 2. The number of aliphatic hydroxyl groups excluding tert-OH is 2. The number of rotatable bonds is 18. The van der Waals surface area contributed by atoms with Gasteiger partial charge in [0.25, 0.3) is 0 Å². The molecular weight excluding hydrogens is 705 g/mol. The highest BCUT2D eigenvalue weighted by molar-refractivity contribution is 7.98. The fourth-order valence-corrected chi connectivity index (χ4v) is 8.63. The zero-order valence-electron chi connectivity index (χ0n) is 32.9. The summed E-state index contributed by atoms with van der Waals surface area (Å²) in [5, 5.41) is 24.4. The van der Waals surface area contributed by atoms with Crippen molar-refractivity contribution in [2.45, 2.75) is 95.3 Å².